The van der Waals surface area contributed by atoms with Gasteiger partial charge in [0.2, 0.25) is 0 Å². The molecule has 0 radical (unpaired) electrons. The zero-order valence-electron chi connectivity index (χ0n) is 14.2. The minimum absolute atomic E-state index is 0.167. The van der Waals surface area contributed by atoms with Gasteiger partial charge in [0.05, 0.1) is 22.1 Å². The van der Waals surface area contributed by atoms with Crippen molar-refractivity contribution >= 4 is 39.1 Å². The first-order valence-electron chi connectivity index (χ1n) is 7.93. The van der Waals surface area contributed by atoms with Gasteiger partial charge in [0.15, 0.2) is 12.4 Å². The number of carbonyl (C=O) groups excluding carboxylic acids is 1. The Bertz CT molecular complexity index is 937. The fourth-order valence-electron chi connectivity index (χ4n) is 2.36. The van der Waals surface area contributed by atoms with E-state index in [-0.39, 0.29) is 12.6 Å². The molecule has 2 aromatic heterocycles. The predicted octanol–water partition coefficient (Wildman–Crippen LogP) is 4.11. The molecule has 136 valence electrons. The molecule has 0 unspecified atom stereocenters. The second-order valence-electron chi connectivity index (χ2n) is 5.50. The van der Waals surface area contributed by atoms with Gasteiger partial charge in [-0.25, -0.2) is 4.68 Å². The summed E-state index contributed by atoms with van der Waals surface area (Å²) in [5, 5.41) is 11.9. The topological polar surface area (TPSA) is 74.0 Å². The molecule has 0 aliphatic rings. The summed E-state index contributed by atoms with van der Waals surface area (Å²) in [5.41, 5.74) is 1.87. The van der Waals surface area contributed by atoms with Crippen LogP contribution in [0.4, 0.5) is 5.69 Å². The number of rotatable bonds is 6. The number of halogens is 2. The number of nitrogens with one attached hydrogen (secondary N) is 1. The van der Waals surface area contributed by atoms with Crippen LogP contribution in [0, 0.1) is 6.92 Å². The van der Waals surface area contributed by atoms with Crippen LogP contribution in [0.15, 0.2) is 41.1 Å². The number of anilines is 1. The molecule has 0 aliphatic heterocycles. The molecule has 0 atom stereocenters. The summed E-state index contributed by atoms with van der Waals surface area (Å²) < 4.78 is 9.78. The molecule has 26 heavy (non-hydrogen) atoms. The lowest BCUT2D eigenvalue weighted by molar-refractivity contribution is 0.102. The molecule has 1 N–H and O–H groups in total. The molecule has 0 spiro atoms. The van der Waals surface area contributed by atoms with Crippen LogP contribution in [0.2, 0.25) is 5.02 Å². The maximum Gasteiger partial charge on any atom is 0.276 e. The SMILES string of the molecule is CCn1ncc(NC(=O)c2ccn(COc3ccc(Cl)cc3Br)n2)c1C. The Kier molecular flexibility index (Phi) is 5.63. The van der Waals surface area contributed by atoms with E-state index in [9.17, 15) is 4.79 Å². The first-order chi connectivity index (χ1) is 12.5. The van der Waals surface area contributed by atoms with Gasteiger partial charge in [0, 0.05) is 17.8 Å². The summed E-state index contributed by atoms with van der Waals surface area (Å²) in [4.78, 5) is 12.4. The molecule has 0 saturated carbocycles. The number of nitrogens with zero attached hydrogens (tertiary/aromatic N) is 4. The lowest BCUT2D eigenvalue weighted by atomic mass is 10.3. The van der Waals surface area contributed by atoms with Gasteiger partial charge in [-0.15, -0.1) is 0 Å². The van der Waals surface area contributed by atoms with Crippen LogP contribution in [0.3, 0.4) is 0 Å². The smallest absolute Gasteiger partial charge is 0.276 e. The highest BCUT2D eigenvalue weighted by Crippen LogP contribution is 2.28. The number of aryl methyl sites for hydroxylation is 1. The van der Waals surface area contributed by atoms with E-state index in [1.807, 2.05) is 18.5 Å². The summed E-state index contributed by atoms with van der Waals surface area (Å²) in [6, 6.07) is 6.88. The molecule has 3 aromatic rings. The third kappa shape index (κ3) is 4.08. The number of hydrogen-bond acceptors (Lipinski definition) is 4. The van der Waals surface area contributed by atoms with Crippen LogP contribution in [-0.2, 0) is 13.3 Å². The molecule has 0 aliphatic carbocycles. The standard InChI is InChI=1S/C17H17BrClN5O2/c1-3-24-11(2)15(9-20-24)21-17(25)14-6-7-23(22-14)10-26-16-5-4-12(19)8-13(16)18/h4-9H,3,10H2,1-2H3,(H,21,25). The van der Waals surface area contributed by atoms with Gasteiger partial charge < -0.3 is 10.1 Å². The molecular formula is C17H17BrClN5O2. The lowest BCUT2D eigenvalue weighted by Gasteiger charge is -2.08. The largest absolute Gasteiger partial charge is 0.470 e. The molecule has 1 aromatic carbocycles. The van der Waals surface area contributed by atoms with Gasteiger partial charge in [-0.05, 0) is 54.0 Å². The third-order valence-corrected chi connectivity index (χ3v) is 4.63. The first-order valence-corrected chi connectivity index (χ1v) is 9.10. The highest BCUT2D eigenvalue weighted by Gasteiger charge is 2.13. The van der Waals surface area contributed by atoms with Crippen molar-refractivity contribution in [3.8, 4) is 5.75 Å². The zero-order chi connectivity index (χ0) is 18.7. The van der Waals surface area contributed by atoms with E-state index in [0.29, 0.717) is 22.2 Å². The maximum atomic E-state index is 12.4. The van der Waals surface area contributed by atoms with Gasteiger partial charge in [0.25, 0.3) is 5.91 Å². The van der Waals surface area contributed by atoms with Gasteiger partial charge in [0.1, 0.15) is 5.75 Å². The van der Waals surface area contributed by atoms with Gasteiger partial charge >= 0.3 is 0 Å². The molecule has 7 nitrogen and oxygen atoms in total. The summed E-state index contributed by atoms with van der Waals surface area (Å²) >= 11 is 9.30. The molecule has 0 fully saturated rings. The number of carbonyl (C=O) groups is 1. The normalized spacial score (nSPS) is 10.8. The van der Waals surface area contributed by atoms with Crippen molar-refractivity contribution in [2.75, 3.05) is 5.32 Å². The van der Waals surface area contributed by atoms with Crippen molar-refractivity contribution in [2.45, 2.75) is 27.1 Å². The molecule has 1 amide bonds. The van der Waals surface area contributed by atoms with E-state index < -0.39 is 0 Å². The van der Waals surface area contributed by atoms with Crippen LogP contribution in [0.5, 0.6) is 5.75 Å². The minimum Gasteiger partial charge on any atom is -0.470 e. The lowest BCUT2D eigenvalue weighted by Crippen LogP contribution is -2.15. The van der Waals surface area contributed by atoms with E-state index in [1.54, 1.807) is 36.7 Å². The molecule has 0 saturated heterocycles. The number of ether oxygens (including phenoxy) is 1. The number of amides is 1. The average molecular weight is 439 g/mol. The second-order valence-corrected chi connectivity index (χ2v) is 6.79. The Morgan fingerprint density at radius 2 is 2.19 bits per heavy atom. The summed E-state index contributed by atoms with van der Waals surface area (Å²) in [6.07, 6.45) is 3.32. The Balaban J connectivity index is 1.63. The predicted molar refractivity (Wildman–Crippen MR) is 103 cm³/mol. The monoisotopic (exact) mass is 437 g/mol. The van der Waals surface area contributed by atoms with E-state index in [1.165, 1.54) is 4.68 Å². The van der Waals surface area contributed by atoms with E-state index in [4.69, 9.17) is 16.3 Å². The molecule has 3 rings (SSSR count). The van der Waals surface area contributed by atoms with Crippen LogP contribution < -0.4 is 10.1 Å². The second kappa shape index (κ2) is 7.92. The van der Waals surface area contributed by atoms with E-state index >= 15 is 0 Å². The van der Waals surface area contributed by atoms with Crippen LogP contribution in [0.1, 0.15) is 23.1 Å². The van der Waals surface area contributed by atoms with E-state index in [0.717, 1.165) is 16.7 Å². The zero-order valence-corrected chi connectivity index (χ0v) is 16.6. The Morgan fingerprint density at radius 1 is 1.38 bits per heavy atom. The van der Waals surface area contributed by atoms with Crippen molar-refractivity contribution in [3.63, 3.8) is 0 Å². The van der Waals surface area contributed by atoms with Crippen molar-refractivity contribution in [2.24, 2.45) is 0 Å². The number of benzene rings is 1. The maximum absolute atomic E-state index is 12.4. The highest BCUT2D eigenvalue weighted by atomic mass is 79.9. The summed E-state index contributed by atoms with van der Waals surface area (Å²) in [5.74, 6) is 0.341. The number of aromatic nitrogens is 4. The van der Waals surface area contributed by atoms with Gasteiger partial charge in [-0.2, -0.15) is 10.2 Å². The fraction of sp³-hybridized carbons (Fsp3) is 0.235. The van der Waals surface area contributed by atoms with Gasteiger partial charge in [-0.1, -0.05) is 11.6 Å². The van der Waals surface area contributed by atoms with Crippen LogP contribution in [0.25, 0.3) is 0 Å². The summed E-state index contributed by atoms with van der Waals surface area (Å²) in [6.45, 7) is 4.81. The van der Waals surface area contributed by atoms with Crippen LogP contribution in [-0.4, -0.2) is 25.5 Å². The average Bonchev–Trinajstić information content (AvgIpc) is 3.22. The van der Waals surface area contributed by atoms with Gasteiger partial charge in [-0.3, -0.25) is 9.48 Å². The highest BCUT2D eigenvalue weighted by molar-refractivity contribution is 9.10. The van der Waals surface area contributed by atoms with Crippen molar-refractivity contribution in [1.82, 2.24) is 19.6 Å². The van der Waals surface area contributed by atoms with Crippen molar-refractivity contribution < 1.29 is 9.53 Å². The molecule has 0 bridgehead atoms. The first kappa shape index (κ1) is 18.5. The quantitative estimate of drug-likeness (QED) is 0.628. The van der Waals surface area contributed by atoms with Crippen molar-refractivity contribution in [1.29, 1.82) is 0 Å². The summed E-state index contributed by atoms with van der Waals surface area (Å²) in [7, 11) is 0. The Morgan fingerprint density at radius 3 is 2.88 bits per heavy atom. The third-order valence-electron chi connectivity index (χ3n) is 3.77. The minimum atomic E-state index is -0.296. The van der Waals surface area contributed by atoms with Crippen molar-refractivity contribution in [3.05, 3.63) is 57.5 Å². The fourth-order valence-corrected chi connectivity index (χ4v) is 3.15. The van der Waals surface area contributed by atoms with E-state index in [2.05, 4.69) is 31.4 Å². The molecule has 2 heterocycles. The number of hydrogen-bond donors (Lipinski definition) is 1. The molecule has 9 heteroatoms. The molecular weight excluding hydrogens is 422 g/mol. The Labute approximate surface area is 164 Å². The van der Waals surface area contributed by atoms with Crippen LogP contribution >= 0.6 is 27.5 Å². The Hall–Kier alpha value is -2.32.